The van der Waals surface area contributed by atoms with Crippen LogP contribution in [-0.2, 0) is 0 Å². The van der Waals surface area contributed by atoms with Gasteiger partial charge in [-0.1, -0.05) is 42.5 Å². The van der Waals surface area contributed by atoms with E-state index in [2.05, 4.69) is 10.00 Å². The molecular formula is C25H25N5O2. The molecule has 0 unspecified atom stereocenters. The third-order valence-electron chi connectivity index (χ3n) is 6.13. The molecule has 2 aromatic carbocycles. The summed E-state index contributed by atoms with van der Waals surface area (Å²) < 4.78 is 1.55. The van der Waals surface area contributed by atoms with Crippen molar-refractivity contribution in [3.05, 3.63) is 76.2 Å². The normalized spacial score (nSPS) is 14.1. The van der Waals surface area contributed by atoms with Crippen LogP contribution in [-0.4, -0.2) is 33.6 Å². The molecule has 0 aliphatic carbocycles. The molecule has 3 heterocycles. The molecule has 162 valence electrons. The fourth-order valence-corrected chi connectivity index (χ4v) is 4.52. The molecule has 1 aliphatic rings. The molecule has 1 fully saturated rings. The summed E-state index contributed by atoms with van der Waals surface area (Å²) in [6.45, 7) is 3.74. The average Bonchev–Trinajstić information content (AvgIpc) is 3.20. The number of carbonyl (C=O) groups is 1. The number of H-pyrrole nitrogens is 1. The molecule has 0 saturated carbocycles. The third kappa shape index (κ3) is 3.36. The Kier molecular flexibility index (Phi) is 5.01. The zero-order chi connectivity index (χ0) is 22.2. The van der Waals surface area contributed by atoms with E-state index >= 15 is 0 Å². The first-order chi connectivity index (χ1) is 15.5. The van der Waals surface area contributed by atoms with E-state index in [1.165, 1.54) is 6.42 Å². The number of amides is 1. The number of anilines is 1. The molecule has 4 aromatic rings. The summed E-state index contributed by atoms with van der Waals surface area (Å²) in [5, 5.41) is 3.34. The number of rotatable bonds is 4. The van der Waals surface area contributed by atoms with Crippen molar-refractivity contribution < 1.29 is 4.79 Å². The number of benzene rings is 2. The maximum Gasteiger partial charge on any atom is 0.280 e. The highest BCUT2D eigenvalue weighted by atomic mass is 16.1. The van der Waals surface area contributed by atoms with Crippen LogP contribution in [0.5, 0.6) is 0 Å². The number of hydrogen-bond acceptors (Lipinski definition) is 4. The van der Waals surface area contributed by atoms with Crippen molar-refractivity contribution in [3.63, 3.8) is 0 Å². The lowest BCUT2D eigenvalue weighted by Gasteiger charge is -2.28. The first kappa shape index (κ1) is 20.1. The van der Waals surface area contributed by atoms with Gasteiger partial charge in [-0.25, -0.2) is 4.98 Å². The van der Waals surface area contributed by atoms with Crippen molar-refractivity contribution in [2.75, 3.05) is 18.0 Å². The van der Waals surface area contributed by atoms with Gasteiger partial charge in [-0.05, 0) is 43.9 Å². The summed E-state index contributed by atoms with van der Waals surface area (Å²) in [6.07, 6.45) is 3.47. The van der Waals surface area contributed by atoms with Gasteiger partial charge in [0.15, 0.2) is 5.65 Å². The van der Waals surface area contributed by atoms with E-state index in [0.29, 0.717) is 28.0 Å². The van der Waals surface area contributed by atoms with Crippen LogP contribution < -0.4 is 16.2 Å². The van der Waals surface area contributed by atoms with E-state index in [9.17, 15) is 9.59 Å². The summed E-state index contributed by atoms with van der Waals surface area (Å²) in [5.41, 5.74) is 11.0. The second-order valence-electron chi connectivity index (χ2n) is 8.23. The Morgan fingerprint density at radius 3 is 2.31 bits per heavy atom. The van der Waals surface area contributed by atoms with Crippen molar-refractivity contribution >= 4 is 17.2 Å². The topological polar surface area (TPSA) is 96.5 Å². The number of fused-ring (bicyclic) bond motifs is 1. The smallest absolute Gasteiger partial charge is 0.280 e. The molecular weight excluding hydrogens is 402 g/mol. The number of aromatic amines is 1. The Balaban J connectivity index is 1.74. The minimum absolute atomic E-state index is 0.167. The average molecular weight is 428 g/mol. The van der Waals surface area contributed by atoms with Crippen LogP contribution >= 0.6 is 0 Å². The standard InChI is InChI=1S/C25H25N5O2/c1-16-20(17-10-12-19(13-11-17)23(26)31)25(32)30-24(27-16)22(29-14-6-3-7-15-29)21(28-30)18-8-4-2-5-9-18/h2,4-5,8-13,28H,3,6-7,14-15H2,1H3,(H2,26,31). The molecule has 0 radical (unpaired) electrons. The van der Waals surface area contributed by atoms with Crippen LogP contribution in [0.2, 0.25) is 0 Å². The van der Waals surface area contributed by atoms with Gasteiger partial charge in [0.2, 0.25) is 5.91 Å². The van der Waals surface area contributed by atoms with Crippen LogP contribution in [0, 0.1) is 6.92 Å². The Morgan fingerprint density at radius 1 is 0.969 bits per heavy atom. The fraction of sp³-hybridized carbons (Fsp3) is 0.240. The number of piperidine rings is 1. The van der Waals surface area contributed by atoms with Crippen molar-refractivity contribution in [2.24, 2.45) is 5.73 Å². The zero-order valence-electron chi connectivity index (χ0n) is 18.0. The molecule has 32 heavy (non-hydrogen) atoms. The Labute approximate surface area is 185 Å². The zero-order valence-corrected chi connectivity index (χ0v) is 18.0. The van der Waals surface area contributed by atoms with E-state index in [1.54, 1.807) is 28.8 Å². The van der Waals surface area contributed by atoms with Crippen LogP contribution in [0.4, 0.5) is 5.69 Å². The SMILES string of the molecule is Cc1nc2c(N3CCCCC3)c(-c3ccccc3)[nH]n2c(=O)c1-c1ccc(C(N)=O)cc1. The van der Waals surface area contributed by atoms with Crippen LogP contribution in [0.25, 0.3) is 28.0 Å². The molecule has 0 atom stereocenters. The predicted octanol–water partition coefficient (Wildman–Crippen LogP) is 3.75. The first-order valence-electron chi connectivity index (χ1n) is 10.9. The summed E-state index contributed by atoms with van der Waals surface area (Å²) in [6, 6.07) is 16.8. The molecule has 1 amide bonds. The first-order valence-corrected chi connectivity index (χ1v) is 10.9. The summed E-state index contributed by atoms with van der Waals surface area (Å²) in [7, 11) is 0. The largest absolute Gasteiger partial charge is 0.367 e. The minimum Gasteiger partial charge on any atom is -0.367 e. The van der Waals surface area contributed by atoms with E-state index < -0.39 is 5.91 Å². The Hall–Kier alpha value is -3.87. The Morgan fingerprint density at radius 2 is 1.66 bits per heavy atom. The summed E-state index contributed by atoms with van der Waals surface area (Å²) in [5.74, 6) is -0.499. The number of aromatic nitrogens is 3. The van der Waals surface area contributed by atoms with Gasteiger partial charge in [0.25, 0.3) is 5.56 Å². The fourth-order valence-electron chi connectivity index (χ4n) is 4.52. The maximum atomic E-state index is 13.6. The number of carbonyl (C=O) groups excluding carboxylic acids is 1. The minimum atomic E-state index is -0.499. The number of nitrogens with zero attached hydrogens (tertiary/aromatic N) is 3. The molecule has 7 heteroatoms. The molecule has 0 bridgehead atoms. The maximum absolute atomic E-state index is 13.6. The van der Waals surface area contributed by atoms with Gasteiger partial charge in [-0.15, -0.1) is 0 Å². The van der Waals surface area contributed by atoms with Gasteiger partial charge in [0.05, 0.1) is 17.0 Å². The van der Waals surface area contributed by atoms with Crippen LogP contribution in [0.3, 0.4) is 0 Å². The molecule has 7 nitrogen and oxygen atoms in total. The Bertz CT molecular complexity index is 1350. The number of nitrogens with one attached hydrogen (secondary N) is 1. The molecule has 2 aromatic heterocycles. The van der Waals surface area contributed by atoms with Gasteiger partial charge >= 0.3 is 0 Å². The van der Waals surface area contributed by atoms with Crippen molar-refractivity contribution in [3.8, 4) is 22.4 Å². The highest BCUT2D eigenvalue weighted by Gasteiger charge is 2.25. The second kappa shape index (κ2) is 8.00. The number of hydrogen-bond donors (Lipinski definition) is 2. The molecule has 0 spiro atoms. The molecule has 1 saturated heterocycles. The van der Waals surface area contributed by atoms with Crippen LogP contribution in [0.15, 0.2) is 59.4 Å². The highest BCUT2D eigenvalue weighted by molar-refractivity contribution is 5.93. The lowest BCUT2D eigenvalue weighted by atomic mass is 10.0. The number of nitrogens with two attached hydrogens (primary N) is 1. The molecule has 3 N–H and O–H groups in total. The number of aryl methyl sites for hydroxylation is 1. The third-order valence-corrected chi connectivity index (χ3v) is 6.13. The van der Waals surface area contributed by atoms with E-state index in [4.69, 9.17) is 10.7 Å². The lowest BCUT2D eigenvalue weighted by molar-refractivity contribution is 0.100. The van der Waals surface area contributed by atoms with E-state index in [1.807, 2.05) is 37.3 Å². The van der Waals surface area contributed by atoms with Gasteiger partial charge < -0.3 is 10.6 Å². The van der Waals surface area contributed by atoms with Gasteiger partial charge in [-0.3, -0.25) is 14.7 Å². The monoisotopic (exact) mass is 427 g/mol. The predicted molar refractivity (Wildman–Crippen MR) is 126 cm³/mol. The van der Waals surface area contributed by atoms with Gasteiger partial charge in [-0.2, -0.15) is 4.52 Å². The summed E-state index contributed by atoms with van der Waals surface area (Å²) in [4.78, 5) is 32.3. The second-order valence-corrected chi connectivity index (χ2v) is 8.23. The van der Waals surface area contributed by atoms with Crippen molar-refractivity contribution in [2.45, 2.75) is 26.2 Å². The molecule has 1 aliphatic heterocycles. The van der Waals surface area contributed by atoms with Crippen molar-refractivity contribution in [1.82, 2.24) is 14.6 Å². The quantitative estimate of drug-likeness (QED) is 0.518. The van der Waals surface area contributed by atoms with Gasteiger partial charge in [0, 0.05) is 24.2 Å². The van der Waals surface area contributed by atoms with E-state index in [-0.39, 0.29) is 5.56 Å². The highest BCUT2D eigenvalue weighted by Crippen LogP contribution is 2.35. The van der Waals surface area contributed by atoms with Crippen LogP contribution in [0.1, 0.15) is 35.3 Å². The van der Waals surface area contributed by atoms with Crippen molar-refractivity contribution in [1.29, 1.82) is 0 Å². The van der Waals surface area contributed by atoms with E-state index in [0.717, 1.165) is 42.9 Å². The summed E-state index contributed by atoms with van der Waals surface area (Å²) >= 11 is 0. The lowest BCUT2D eigenvalue weighted by Crippen LogP contribution is -2.30. The number of primary amides is 1. The molecule has 5 rings (SSSR count). The van der Waals surface area contributed by atoms with Gasteiger partial charge in [0.1, 0.15) is 5.69 Å².